The van der Waals surface area contributed by atoms with Crippen molar-refractivity contribution in [3.05, 3.63) is 65.1 Å². The summed E-state index contributed by atoms with van der Waals surface area (Å²) in [5.74, 6) is 0.132. The van der Waals surface area contributed by atoms with Crippen LogP contribution in [-0.2, 0) is 13.1 Å². The zero-order valence-corrected chi connectivity index (χ0v) is 15.4. The molecule has 0 radical (unpaired) electrons. The SMILES string of the molecule is Fc1ccc2c(C3CCN(CCN4Cc5ccccc5C4)CC3)noc2c1. The highest BCUT2D eigenvalue weighted by molar-refractivity contribution is 5.79. The molecule has 5 heteroatoms. The van der Waals surface area contributed by atoms with E-state index in [2.05, 4.69) is 39.2 Å². The van der Waals surface area contributed by atoms with Gasteiger partial charge < -0.3 is 9.42 Å². The third-order valence-corrected chi connectivity index (χ3v) is 6.07. The predicted molar refractivity (Wildman–Crippen MR) is 103 cm³/mol. The van der Waals surface area contributed by atoms with E-state index in [9.17, 15) is 4.39 Å². The lowest BCUT2D eigenvalue weighted by atomic mass is 9.91. The van der Waals surface area contributed by atoms with Crippen LogP contribution in [0.3, 0.4) is 0 Å². The van der Waals surface area contributed by atoms with Crippen molar-refractivity contribution in [1.29, 1.82) is 0 Å². The van der Waals surface area contributed by atoms with E-state index in [0.717, 1.165) is 63.2 Å². The lowest BCUT2D eigenvalue weighted by Crippen LogP contribution is -2.38. The van der Waals surface area contributed by atoms with Gasteiger partial charge in [-0.3, -0.25) is 4.90 Å². The Morgan fingerprint density at radius 3 is 2.41 bits per heavy atom. The Morgan fingerprint density at radius 2 is 1.67 bits per heavy atom. The fourth-order valence-corrected chi connectivity index (χ4v) is 4.50. The van der Waals surface area contributed by atoms with Crippen molar-refractivity contribution in [3.63, 3.8) is 0 Å². The van der Waals surface area contributed by atoms with E-state index < -0.39 is 0 Å². The number of hydrogen-bond donors (Lipinski definition) is 0. The predicted octanol–water partition coefficient (Wildman–Crippen LogP) is 4.16. The van der Waals surface area contributed by atoms with Crippen LogP contribution in [-0.4, -0.2) is 41.1 Å². The minimum atomic E-state index is -0.274. The number of aromatic nitrogens is 1. The molecule has 4 nitrogen and oxygen atoms in total. The molecule has 1 fully saturated rings. The van der Waals surface area contributed by atoms with Gasteiger partial charge in [0.25, 0.3) is 0 Å². The van der Waals surface area contributed by atoms with E-state index in [1.165, 1.54) is 23.3 Å². The highest BCUT2D eigenvalue weighted by Gasteiger charge is 2.26. The summed E-state index contributed by atoms with van der Waals surface area (Å²) in [6.45, 7) is 6.56. The summed E-state index contributed by atoms with van der Waals surface area (Å²) in [4.78, 5) is 5.10. The number of hydrogen-bond acceptors (Lipinski definition) is 4. The zero-order chi connectivity index (χ0) is 18.2. The third kappa shape index (κ3) is 3.37. The van der Waals surface area contributed by atoms with E-state index in [-0.39, 0.29) is 5.82 Å². The summed E-state index contributed by atoms with van der Waals surface area (Å²) >= 11 is 0. The first-order valence-corrected chi connectivity index (χ1v) is 9.82. The molecule has 0 atom stereocenters. The molecular formula is C22H24FN3O. The monoisotopic (exact) mass is 365 g/mol. The number of piperidine rings is 1. The molecule has 27 heavy (non-hydrogen) atoms. The molecule has 3 aromatic rings. The van der Waals surface area contributed by atoms with Crippen LogP contribution < -0.4 is 0 Å². The Hall–Kier alpha value is -2.24. The lowest BCUT2D eigenvalue weighted by Gasteiger charge is -2.32. The molecule has 3 heterocycles. The van der Waals surface area contributed by atoms with Gasteiger partial charge in [0.05, 0.1) is 5.69 Å². The third-order valence-electron chi connectivity index (χ3n) is 6.07. The van der Waals surface area contributed by atoms with E-state index in [1.54, 1.807) is 6.07 Å². The molecule has 0 unspecified atom stereocenters. The van der Waals surface area contributed by atoms with Gasteiger partial charge in [-0.05, 0) is 49.2 Å². The van der Waals surface area contributed by atoms with Gasteiger partial charge >= 0.3 is 0 Å². The maximum absolute atomic E-state index is 13.3. The van der Waals surface area contributed by atoms with E-state index in [4.69, 9.17) is 4.52 Å². The molecule has 1 aromatic heterocycles. The van der Waals surface area contributed by atoms with E-state index in [0.29, 0.717) is 11.5 Å². The van der Waals surface area contributed by atoms with Gasteiger partial charge in [-0.25, -0.2) is 4.39 Å². The second-order valence-corrected chi connectivity index (χ2v) is 7.80. The molecule has 0 saturated carbocycles. The van der Waals surface area contributed by atoms with Crippen molar-refractivity contribution >= 4 is 11.0 Å². The highest BCUT2D eigenvalue weighted by atomic mass is 19.1. The first-order chi connectivity index (χ1) is 13.3. The average Bonchev–Trinajstić information content (AvgIpc) is 3.30. The fourth-order valence-electron chi connectivity index (χ4n) is 4.50. The second kappa shape index (κ2) is 7.06. The Morgan fingerprint density at radius 1 is 0.963 bits per heavy atom. The molecule has 0 N–H and O–H groups in total. The van der Waals surface area contributed by atoms with Crippen molar-refractivity contribution in [2.45, 2.75) is 31.8 Å². The Bertz CT molecular complexity index is 921. The molecule has 0 amide bonds. The maximum Gasteiger partial charge on any atom is 0.170 e. The summed E-state index contributed by atoms with van der Waals surface area (Å²) in [6, 6.07) is 13.5. The molecule has 0 aliphatic carbocycles. The summed E-state index contributed by atoms with van der Waals surface area (Å²) in [6.07, 6.45) is 2.17. The van der Waals surface area contributed by atoms with Crippen LogP contribution in [0.25, 0.3) is 11.0 Å². The van der Waals surface area contributed by atoms with Crippen molar-refractivity contribution in [2.24, 2.45) is 0 Å². The number of likely N-dealkylation sites (tertiary alicyclic amines) is 1. The standard InChI is InChI=1S/C22H24FN3O/c23-19-5-6-20-21(13-19)27-24-22(20)16-7-9-25(10-8-16)11-12-26-14-17-3-1-2-4-18(17)15-26/h1-6,13,16H,7-12,14-15H2. The van der Waals surface area contributed by atoms with Gasteiger partial charge in [-0.2, -0.15) is 0 Å². The summed E-state index contributed by atoms with van der Waals surface area (Å²) in [5, 5.41) is 5.21. The number of halogens is 1. The van der Waals surface area contributed by atoms with Crippen molar-refractivity contribution in [3.8, 4) is 0 Å². The number of rotatable bonds is 4. The zero-order valence-electron chi connectivity index (χ0n) is 15.4. The largest absolute Gasteiger partial charge is 0.356 e. The quantitative estimate of drug-likeness (QED) is 0.695. The smallest absolute Gasteiger partial charge is 0.170 e. The average molecular weight is 365 g/mol. The van der Waals surface area contributed by atoms with E-state index in [1.807, 2.05) is 0 Å². The Labute approximate surface area is 158 Å². The topological polar surface area (TPSA) is 32.5 Å². The molecule has 0 bridgehead atoms. The molecule has 2 aliphatic heterocycles. The van der Waals surface area contributed by atoms with Gasteiger partial charge in [0.2, 0.25) is 0 Å². The number of fused-ring (bicyclic) bond motifs is 2. The number of benzene rings is 2. The van der Waals surface area contributed by atoms with Gasteiger partial charge in [0, 0.05) is 43.5 Å². The molecule has 2 aliphatic rings. The minimum Gasteiger partial charge on any atom is -0.356 e. The second-order valence-electron chi connectivity index (χ2n) is 7.80. The van der Waals surface area contributed by atoms with Crippen molar-refractivity contribution in [1.82, 2.24) is 15.0 Å². The maximum atomic E-state index is 13.3. The van der Waals surface area contributed by atoms with Crippen molar-refractivity contribution < 1.29 is 8.91 Å². The molecule has 1 saturated heterocycles. The van der Waals surface area contributed by atoms with Crippen LogP contribution in [0, 0.1) is 5.82 Å². The van der Waals surface area contributed by atoms with E-state index >= 15 is 0 Å². The van der Waals surface area contributed by atoms with Crippen LogP contribution in [0.1, 0.15) is 35.6 Å². The van der Waals surface area contributed by atoms with Crippen LogP contribution in [0.2, 0.25) is 0 Å². The summed E-state index contributed by atoms with van der Waals surface area (Å²) in [7, 11) is 0. The van der Waals surface area contributed by atoms with Crippen LogP contribution >= 0.6 is 0 Å². The van der Waals surface area contributed by atoms with Crippen LogP contribution in [0.15, 0.2) is 47.0 Å². The minimum absolute atomic E-state index is 0.274. The van der Waals surface area contributed by atoms with Crippen LogP contribution in [0.5, 0.6) is 0 Å². The molecule has 5 rings (SSSR count). The summed E-state index contributed by atoms with van der Waals surface area (Å²) in [5.41, 5.74) is 4.51. The molecular weight excluding hydrogens is 341 g/mol. The molecule has 0 spiro atoms. The number of nitrogens with zero attached hydrogens (tertiary/aromatic N) is 3. The molecule has 140 valence electrons. The van der Waals surface area contributed by atoms with Crippen molar-refractivity contribution in [2.75, 3.05) is 26.2 Å². The van der Waals surface area contributed by atoms with Crippen LogP contribution in [0.4, 0.5) is 4.39 Å². The fraction of sp³-hybridized carbons (Fsp3) is 0.409. The Balaban J connectivity index is 1.15. The Kier molecular flexibility index (Phi) is 4.42. The van der Waals surface area contributed by atoms with Gasteiger partial charge in [-0.15, -0.1) is 0 Å². The highest BCUT2D eigenvalue weighted by Crippen LogP contribution is 2.32. The normalized spacial score (nSPS) is 19.0. The lowest BCUT2D eigenvalue weighted by molar-refractivity contribution is 0.171. The molecule has 2 aromatic carbocycles. The van der Waals surface area contributed by atoms with Gasteiger partial charge in [-0.1, -0.05) is 29.4 Å². The van der Waals surface area contributed by atoms with Gasteiger partial charge in [0.15, 0.2) is 5.58 Å². The first kappa shape index (κ1) is 16.9. The van der Waals surface area contributed by atoms with Gasteiger partial charge in [0.1, 0.15) is 5.82 Å². The first-order valence-electron chi connectivity index (χ1n) is 9.82. The summed E-state index contributed by atoms with van der Waals surface area (Å²) < 4.78 is 18.7.